The molecule has 1 saturated carbocycles. The predicted molar refractivity (Wildman–Crippen MR) is 38.9 cm³/mol. The van der Waals surface area contributed by atoms with Crippen LogP contribution in [-0.2, 0) is 0 Å². The molecule has 1 fully saturated rings. The van der Waals surface area contributed by atoms with Crippen LogP contribution < -0.4 is 11.5 Å². The van der Waals surface area contributed by atoms with E-state index >= 15 is 0 Å². The second-order valence-corrected chi connectivity index (χ2v) is 3.51. The summed E-state index contributed by atoms with van der Waals surface area (Å²) in [6, 6.07) is 0. The van der Waals surface area contributed by atoms with E-state index in [2.05, 4.69) is 13.8 Å². The number of rotatable bonds is 2. The molecule has 9 heavy (non-hydrogen) atoms. The Bertz CT molecular complexity index is 97.5. The Balaban J connectivity index is 2.45. The topological polar surface area (TPSA) is 52.0 Å². The molecule has 4 N–H and O–H groups in total. The molecule has 0 spiro atoms. The van der Waals surface area contributed by atoms with Crippen molar-refractivity contribution in [2.45, 2.75) is 13.8 Å². The summed E-state index contributed by atoms with van der Waals surface area (Å²) in [7, 11) is 0. The van der Waals surface area contributed by atoms with Gasteiger partial charge in [-0.05, 0) is 30.3 Å². The lowest BCUT2D eigenvalue weighted by Gasteiger charge is -1.97. The van der Waals surface area contributed by atoms with Crippen molar-refractivity contribution in [3.63, 3.8) is 0 Å². The van der Waals surface area contributed by atoms with Gasteiger partial charge in [-0.1, -0.05) is 13.8 Å². The Kier molecular flexibility index (Phi) is 1.53. The molecule has 2 nitrogen and oxygen atoms in total. The molecule has 0 bridgehead atoms. The molecule has 54 valence electrons. The van der Waals surface area contributed by atoms with Gasteiger partial charge >= 0.3 is 0 Å². The molecule has 0 radical (unpaired) electrons. The first-order valence-electron chi connectivity index (χ1n) is 3.54. The summed E-state index contributed by atoms with van der Waals surface area (Å²) in [5.41, 5.74) is 11.5. The fraction of sp³-hybridized carbons (Fsp3) is 1.00. The van der Waals surface area contributed by atoms with Crippen LogP contribution in [0.5, 0.6) is 0 Å². The third-order valence-corrected chi connectivity index (χ3v) is 2.80. The monoisotopic (exact) mass is 128 g/mol. The summed E-state index contributed by atoms with van der Waals surface area (Å²) in [6.07, 6.45) is 0. The summed E-state index contributed by atoms with van der Waals surface area (Å²) < 4.78 is 0. The Morgan fingerprint density at radius 1 is 1.11 bits per heavy atom. The minimum atomic E-state index is 0.434. The van der Waals surface area contributed by atoms with Gasteiger partial charge in [0.05, 0.1) is 0 Å². The molecule has 1 rings (SSSR count). The summed E-state index contributed by atoms with van der Waals surface area (Å²) in [6.45, 7) is 6.08. The largest absolute Gasteiger partial charge is 0.330 e. The normalized spacial score (nSPS) is 38.7. The molecular weight excluding hydrogens is 112 g/mol. The molecule has 0 aromatic rings. The van der Waals surface area contributed by atoms with E-state index < -0.39 is 0 Å². The smallest absolute Gasteiger partial charge is 0.00403 e. The van der Waals surface area contributed by atoms with Crippen LogP contribution in [0.15, 0.2) is 0 Å². The molecular formula is C7H16N2. The van der Waals surface area contributed by atoms with Crippen molar-refractivity contribution in [1.82, 2.24) is 0 Å². The van der Waals surface area contributed by atoms with E-state index in [0.717, 1.165) is 13.1 Å². The minimum Gasteiger partial charge on any atom is -0.330 e. The van der Waals surface area contributed by atoms with E-state index in [1.807, 2.05) is 0 Å². The fourth-order valence-electron chi connectivity index (χ4n) is 1.79. The van der Waals surface area contributed by atoms with Crippen LogP contribution in [0.1, 0.15) is 13.8 Å². The van der Waals surface area contributed by atoms with E-state index in [-0.39, 0.29) is 0 Å². The predicted octanol–water partition coefficient (Wildman–Crippen LogP) is 0.176. The molecule has 0 heterocycles. The average molecular weight is 128 g/mol. The first-order chi connectivity index (χ1) is 4.14. The number of hydrogen-bond acceptors (Lipinski definition) is 2. The molecule has 0 aromatic carbocycles. The van der Waals surface area contributed by atoms with E-state index in [1.54, 1.807) is 0 Å². The highest BCUT2D eigenvalue weighted by atomic mass is 14.7. The Morgan fingerprint density at radius 3 is 1.56 bits per heavy atom. The van der Waals surface area contributed by atoms with Gasteiger partial charge in [0.2, 0.25) is 0 Å². The van der Waals surface area contributed by atoms with Gasteiger partial charge in [-0.25, -0.2) is 0 Å². The summed E-state index contributed by atoms with van der Waals surface area (Å²) in [5, 5.41) is 0. The van der Waals surface area contributed by atoms with Gasteiger partial charge in [0.25, 0.3) is 0 Å². The third kappa shape index (κ3) is 0.864. The van der Waals surface area contributed by atoms with Crippen LogP contribution in [0.3, 0.4) is 0 Å². The fourth-order valence-corrected chi connectivity index (χ4v) is 1.79. The van der Waals surface area contributed by atoms with Crippen molar-refractivity contribution in [2.24, 2.45) is 28.7 Å². The summed E-state index contributed by atoms with van der Waals surface area (Å²) in [4.78, 5) is 0. The van der Waals surface area contributed by atoms with Gasteiger partial charge in [0.1, 0.15) is 0 Å². The first kappa shape index (κ1) is 7.03. The molecule has 2 heteroatoms. The van der Waals surface area contributed by atoms with Crippen LogP contribution in [0, 0.1) is 17.3 Å². The van der Waals surface area contributed by atoms with Crippen molar-refractivity contribution < 1.29 is 0 Å². The van der Waals surface area contributed by atoms with Gasteiger partial charge in [0.15, 0.2) is 0 Å². The standard InChI is InChI=1S/C7H16N2/c1-7(2)5(3-8)6(7)4-9/h5-6H,3-4,8-9H2,1-2H3. The van der Waals surface area contributed by atoms with E-state index in [0.29, 0.717) is 17.3 Å². The molecule has 2 atom stereocenters. The highest BCUT2D eigenvalue weighted by molar-refractivity contribution is 5.05. The molecule has 0 amide bonds. The van der Waals surface area contributed by atoms with Crippen LogP contribution in [0.2, 0.25) is 0 Å². The zero-order valence-corrected chi connectivity index (χ0v) is 6.22. The second kappa shape index (κ2) is 1.96. The highest BCUT2D eigenvalue weighted by Crippen LogP contribution is 2.56. The Labute approximate surface area is 56.6 Å². The summed E-state index contributed by atoms with van der Waals surface area (Å²) >= 11 is 0. The highest BCUT2D eigenvalue weighted by Gasteiger charge is 2.55. The SMILES string of the molecule is CC1(C)C(CN)C1CN. The lowest BCUT2D eigenvalue weighted by Crippen LogP contribution is -2.08. The van der Waals surface area contributed by atoms with Crippen molar-refractivity contribution in [3.05, 3.63) is 0 Å². The van der Waals surface area contributed by atoms with Gasteiger partial charge in [-0.2, -0.15) is 0 Å². The Hall–Kier alpha value is -0.0800. The van der Waals surface area contributed by atoms with Crippen molar-refractivity contribution in [3.8, 4) is 0 Å². The Morgan fingerprint density at radius 2 is 1.44 bits per heavy atom. The van der Waals surface area contributed by atoms with E-state index in [4.69, 9.17) is 11.5 Å². The van der Waals surface area contributed by atoms with Crippen molar-refractivity contribution in [1.29, 1.82) is 0 Å². The zero-order valence-electron chi connectivity index (χ0n) is 6.22. The van der Waals surface area contributed by atoms with E-state index in [9.17, 15) is 0 Å². The maximum atomic E-state index is 5.52. The van der Waals surface area contributed by atoms with Crippen molar-refractivity contribution in [2.75, 3.05) is 13.1 Å². The first-order valence-corrected chi connectivity index (χ1v) is 3.54. The lowest BCUT2D eigenvalue weighted by atomic mass is 10.1. The van der Waals surface area contributed by atoms with Crippen LogP contribution in [0.25, 0.3) is 0 Å². The van der Waals surface area contributed by atoms with Gasteiger partial charge in [-0.3, -0.25) is 0 Å². The van der Waals surface area contributed by atoms with Gasteiger partial charge in [0, 0.05) is 0 Å². The van der Waals surface area contributed by atoms with Gasteiger partial charge < -0.3 is 11.5 Å². The van der Waals surface area contributed by atoms with Crippen LogP contribution in [0.4, 0.5) is 0 Å². The number of nitrogens with two attached hydrogens (primary N) is 2. The molecule has 0 aliphatic heterocycles. The molecule has 0 saturated heterocycles. The summed E-state index contributed by atoms with van der Waals surface area (Å²) in [5.74, 6) is 1.37. The van der Waals surface area contributed by atoms with Gasteiger partial charge in [-0.15, -0.1) is 0 Å². The minimum absolute atomic E-state index is 0.434. The van der Waals surface area contributed by atoms with Crippen molar-refractivity contribution >= 4 is 0 Å². The average Bonchev–Trinajstić information content (AvgIpc) is 2.32. The molecule has 1 aliphatic rings. The third-order valence-electron chi connectivity index (χ3n) is 2.80. The quantitative estimate of drug-likeness (QED) is 0.557. The number of hydrogen-bond donors (Lipinski definition) is 2. The maximum absolute atomic E-state index is 5.52. The van der Waals surface area contributed by atoms with Crippen LogP contribution >= 0.6 is 0 Å². The molecule has 0 aromatic heterocycles. The lowest BCUT2D eigenvalue weighted by molar-refractivity contribution is 0.540. The molecule has 2 unspecified atom stereocenters. The van der Waals surface area contributed by atoms with E-state index in [1.165, 1.54) is 0 Å². The maximum Gasteiger partial charge on any atom is -0.00403 e. The van der Waals surface area contributed by atoms with Crippen LogP contribution in [-0.4, -0.2) is 13.1 Å². The second-order valence-electron chi connectivity index (χ2n) is 3.51. The zero-order chi connectivity index (χ0) is 7.07. The molecule has 1 aliphatic carbocycles.